The molecule has 27 heavy (non-hydrogen) atoms. The quantitative estimate of drug-likeness (QED) is 0.697. The van der Waals surface area contributed by atoms with Gasteiger partial charge in [0.25, 0.3) is 5.91 Å². The number of carbonyl (C=O) groups excluding carboxylic acids is 1. The van der Waals surface area contributed by atoms with Crippen molar-refractivity contribution in [3.8, 4) is 0 Å². The summed E-state index contributed by atoms with van der Waals surface area (Å²) >= 11 is 0. The van der Waals surface area contributed by atoms with Crippen LogP contribution in [-0.4, -0.2) is 34.5 Å². The summed E-state index contributed by atoms with van der Waals surface area (Å²) < 4.78 is 12.9. The van der Waals surface area contributed by atoms with E-state index in [4.69, 9.17) is 0 Å². The molecule has 0 aliphatic heterocycles. The summed E-state index contributed by atoms with van der Waals surface area (Å²) in [5, 5.41) is 2.77. The molecular formula is C20H20FN5O. The molecule has 0 radical (unpaired) electrons. The van der Waals surface area contributed by atoms with Crippen molar-refractivity contribution < 1.29 is 9.18 Å². The second-order valence-corrected chi connectivity index (χ2v) is 6.11. The maximum atomic E-state index is 12.9. The van der Waals surface area contributed by atoms with E-state index in [0.717, 1.165) is 18.5 Å². The number of amides is 1. The Hall–Kier alpha value is -3.35. The number of pyridine rings is 1. The molecule has 2 heterocycles. The Bertz CT molecular complexity index is 869. The van der Waals surface area contributed by atoms with Gasteiger partial charge in [-0.1, -0.05) is 12.1 Å². The van der Waals surface area contributed by atoms with Crippen LogP contribution < -0.4 is 10.2 Å². The zero-order valence-corrected chi connectivity index (χ0v) is 15.0. The number of aromatic nitrogens is 3. The van der Waals surface area contributed by atoms with Crippen molar-refractivity contribution in [2.75, 3.05) is 18.5 Å². The number of nitrogens with zero attached hydrogens (tertiary/aromatic N) is 4. The first-order valence-electron chi connectivity index (χ1n) is 8.56. The average molecular weight is 365 g/mol. The van der Waals surface area contributed by atoms with Gasteiger partial charge in [-0.25, -0.2) is 14.4 Å². The molecule has 0 aliphatic carbocycles. The van der Waals surface area contributed by atoms with Crippen molar-refractivity contribution in [1.82, 2.24) is 20.3 Å². The Labute approximate surface area is 157 Å². The first-order valence-corrected chi connectivity index (χ1v) is 8.56. The Morgan fingerprint density at radius 1 is 1.04 bits per heavy atom. The zero-order chi connectivity index (χ0) is 19.1. The van der Waals surface area contributed by atoms with Gasteiger partial charge in [-0.15, -0.1) is 0 Å². The molecule has 0 bridgehead atoms. The highest BCUT2D eigenvalue weighted by Gasteiger charge is 2.09. The van der Waals surface area contributed by atoms with Gasteiger partial charge in [-0.3, -0.25) is 9.78 Å². The molecule has 138 valence electrons. The Balaban J connectivity index is 1.52. The average Bonchev–Trinajstić information content (AvgIpc) is 2.72. The van der Waals surface area contributed by atoms with Crippen molar-refractivity contribution in [1.29, 1.82) is 0 Å². The van der Waals surface area contributed by atoms with E-state index in [1.165, 1.54) is 30.1 Å². The monoisotopic (exact) mass is 365 g/mol. The van der Waals surface area contributed by atoms with E-state index < -0.39 is 0 Å². The Morgan fingerprint density at radius 3 is 2.37 bits per heavy atom. The zero-order valence-electron chi connectivity index (χ0n) is 15.0. The van der Waals surface area contributed by atoms with E-state index in [1.807, 2.05) is 24.1 Å². The summed E-state index contributed by atoms with van der Waals surface area (Å²) in [5.41, 5.74) is 2.38. The molecule has 3 aromatic rings. The predicted octanol–water partition coefficient (Wildman–Crippen LogP) is 2.62. The van der Waals surface area contributed by atoms with Gasteiger partial charge in [-0.2, -0.15) is 0 Å². The van der Waals surface area contributed by atoms with Gasteiger partial charge >= 0.3 is 0 Å². The van der Waals surface area contributed by atoms with Crippen LogP contribution in [0.1, 0.15) is 21.5 Å². The lowest BCUT2D eigenvalue weighted by Crippen LogP contribution is -2.25. The van der Waals surface area contributed by atoms with Gasteiger partial charge in [-0.05, 0) is 41.8 Å². The number of hydrogen-bond donors (Lipinski definition) is 1. The van der Waals surface area contributed by atoms with Crippen LogP contribution in [0.4, 0.5) is 10.3 Å². The minimum Gasteiger partial charge on any atom is -0.348 e. The van der Waals surface area contributed by atoms with E-state index >= 15 is 0 Å². The standard InChI is InChI=1S/C20H20FN5O/c1-26(11-8-15-6-9-22-10-7-15)20-24-13-17(14-25-20)19(27)23-12-16-2-4-18(21)5-3-16/h2-7,9-10,13-14H,8,11-12H2,1H3,(H,23,27). The molecule has 0 unspecified atom stereocenters. The maximum absolute atomic E-state index is 12.9. The summed E-state index contributed by atoms with van der Waals surface area (Å²) in [6.45, 7) is 1.06. The number of likely N-dealkylation sites (N-methyl/N-ethyl adjacent to an activating group) is 1. The first-order chi connectivity index (χ1) is 13.1. The molecule has 0 saturated carbocycles. The summed E-state index contributed by atoms with van der Waals surface area (Å²) in [5.74, 6) is -0.0217. The number of halogens is 1. The second kappa shape index (κ2) is 8.84. The highest BCUT2D eigenvalue weighted by Crippen LogP contribution is 2.08. The smallest absolute Gasteiger partial charge is 0.254 e. The number of carbonyl (C=O) groups is 1. The van der Waals surface area contributed by atoms with Crippen LogP contribution in [0.5, 0.6) is 0 Å². The van der Waals surface area contributed by atoms with Crippen LogP contribution in [0.3, 0.4) is 0 Å². The van der Waals surface area contributed by atoms with Crippen LogP contribution >= 0.6 is 0 Å². The lowest BCUT2D eigenvalue weighted by Gasteiger charge is -2.16. The summed E-state index contributed by atoms with van der Waals surface area (Å²) in [4.78, 5) is 26.7. The van der Waals surface area contributed by atoms with E-state index in [2.05, 4.69) is 20.3 Å². The van der Waals surface area contributed by atoms with E-state index in [9.17, 15) is 9.18 Å². The molecule has 0 fully saturated rings. The molecule has 3 rings (SSSR count). The fourth-order valence-corrected chi connectivity index (χ4v) is 2.47. The molecular weight excluding hydrogens is 345 g/mol. The van der Waals surface area contributed by atoms with Crippen molar-refractivity contribution >= 4 is 11.9 Å². The number of rotatable bonds is 7. The minimum absolute atomic E-state index is 0.273. The number of nitrogens with one attached hydrogen (secondary N) is 1. The molecule has 1 aromatic carbocycles. The van der Waals surface area contributed by atoms with Gasteiger partial charge < -0.3 is 10.2 Å². The third-order valence-electron chi connectivity index (χ3n) is 4.09. The van der Waals surface area contributed by atoms with E-state index in [0.29, 0.717) is 18.1 Å². The van der Waals surface area contributed by atoms with Gasteiger partial charge in [0.1, 0.15) is 5.82 Å². The van der Waals surface area contributed by atoms with Crippen molar-refractivity contribution in [2.45, 2.75) is 13.0 Å². The van der Waals surface area contributed by atoms with Crippen LogP contribution in [0, 0.1) is 5.82 Å². The third-order valence-corrected chi connectivity index (χ3v) is 4.09. The topological polar surface area (TPSA) is 71.0 Å². The van der Waals surface area contributed by atoms with Crippen LogP contribution in [0.2, 0.25) is 0 Å². The van der Waals surface area contributed by atoms with Crippen LogP contribution in [-0.2, 0) is 13.0 Å². The van der Waals surface area contributed by atoms with Crippen LogP contribution in [0.15, 0.2) is 61.2 Å². The van der Waals surface area contributed by atoms with Crippen LogP contribution in [0.25, 0.3) is 0 Å². The molecule has 0 atom stereocenters. The third kappa shape index (κ3) is 5.31. The molecule has 1 N–H and O–H groups in total. The first kappa shape index (κ1) is 18.4. The molecule has 1 amide bonds. The van der Waals surface area contributed by atoms with Gasteiger partial charge in [0.05, 0.1) is 5.56 Å². The lowest BCUT2D eigenvalue weighted by atomic mass is 10.2. The largest absolute Gasteiger partial charge is 0.348 e. The van der Waals surface area contributed by atoms with Crippen molar-refractivity contribution in [2.24, 2.45) is 0 Å². The minimum atomic E-state index is -0.304. The molecule has 0 saturated heterocycles. The fraction of sp³-hybridized carbons (Fsp3) is 0.200. The molecule has 0 aliphatic rings. The summed E-state index contributed by atoms with van der Waals surface area (Å²) in [6, 6.07) is 9.94. The SMILES string of the molecule is CN(CCc1ccncc1)c1ncc(C(=O)NCc2ccc(F)cc2)cn1. The van der Waals surface area contributed by atoms with Gasteiger partial charge in [0, 0.05) is 44.9 Å². The normalized spacial score (nSPS) is 10.4. The second-order valence-electron chi connectivity index (χ2n) is 6.11. The highest BCUT2D eigenvalue weighted by atomic mass is 19.1. The fourth-order valence-electron chi connectivity index (χ4n) is 2.47. The molecule has 6 nitrogen and oxygen atoms in total. The lowest BCUT2D eigenvalue weighted by molar-refractivity contribution is 0.0950. The Morgan fingerprint density at radius 2 is 1.70 bits per heavy atom. The number of benzene rings is 1. The Kier molecular flexibility index (Phi) is 6.04. The summed E-state index contributed by atoms with van der Waals surface area (Å²) in [7, 11) is 1.91. The number of anilines is 1. The van der Waals surface area contributed by atoms with Crippen molar-refractivity contribution in [3.63, 3.8) is 0 Å². The van der Waals surface area contributed by atoms with E-state index in [-0.39, 0.29) is 11.7 Å². The maximum Gasteiger partial charge on any atom is 0.254 e. The molecule has 2 aromatic heterocycles. The van der Waals surface area contributed by atoms with Gasteiger partial charge in [0.2, 0.25) is 5.95 Å². The van der Waals surface area contributed by atoms with Gasteiger partial charge in [0.15, 0.2) is 0 Å². The highest BCUT2D eigenvalue weighted by molar-refractivity contribution is 5.93. The number of hydrogen-bond acceptors (Lipinski definition) is 5. The predicted molar refractivity (Wildman–Crippen MR) is 101 cm³/mol. The van der Waals surface area contributed by atoms with Crippen molar-refractivity contribution in [3.05, 3.63) is 83.7 Å². The van der Waals surface area contributed by atoms with E-state index in [1.54, 1.807) is 24.5 Å². The molecule has 7 heteroatoms. The molecule has 0 spiro atoms. The summed E-state index contributed by atoms with van der Waals surface area (Å²) in [6.07, 6.45) is 7.40.